The number of rotatable bonds is 6. The average Bonchev–Trinajstić information content (AvgIpc) is 2.96. The number of amidine groups is 1. The van der Waals surface area contributed by atoms with Crippen LogP contribution in [-0.4, -0.2) is 48.6 Å². The van der Waals surface area contributed by atoms with Crippen LogP contribution in [-0.2, 0) is 11.3 Å². The summed E-state index contributed by atoms with van der Waals surface area (Å²) in [4.78, 5) is 16.2. The zero-order chi connectivity index (χ0) is 20.1. The van der Waals surface area contributed by atoms with E-state index in [1.54, 1.807) is 18.2 Å². The van der Waals surface area contributed by atoms with Crippen LogP contribution in [0.2, 0.25) is 0 Å². The van der Waals surface area contributed by atoms with Gasteiger partial charge in [0.1, 0.15) is 5.75 Å². The fourth-order valence-electron chi connectivity index (χ4n) is 2.73. The lowest BCUT2D eigenvalue weighted by molar-refractivity contribution is -0.126. The van der Waals surface area contributed by atoms with Crippen molar-refractivity contribution in [2.24, 2.45) is 10.2 Å². The molecule has 7 heteroatoms. The molecular formula is C21H24N4O2S. The topological polar surface area (TPSA) is 57.5 Å². The van der Waals surface area contributed by atoms with Crippen molar-refractivity contribution in [2.75, 3.05) is 26.1 Å². The Hall–Kier alpha value is -2.80. The highest BCUT2D eigenvalue weighted by Crippen LogP contribution is 2.28. The van der Waals surface area contributed by atoms with Crippen molar-refractivity contribution in [1.29, 1.82) is 0 Å². The largest absolute Gasteiger partial charge is 0.497 e. The maximum absolute atomic E-state index is 12.5. The standard InChI is InChI=1S/C21H24N4O2S/c1-15-20(26)25(14-17-7-11-19(27-4)12-8-17)21(28-15)23-22-13-16-5-9-18(10-6-16)24(2)3/h5-13,15H,14H2,1-4H3/b22-13-,23-21+/t15-/m1/s1. The van der Waals surface area contributed by atoms with Crippen LogP contribution in [0.1, 0.15) is 18.1 Å². The van der Waals surface area contributed by atoms with E-state index >= 15 is 0 Å². The molecule has 2 aromatic rings. The van der Waals surface area contributed by atoms with Crippen LogP contribution in [0.5, 0.6) is 5.75 Å². The van der Waals surface area contributed by atoms with Crippen molar-refractivity contribution < 1.29 is 9.53 Å². The summed E-state index contributed by atoms with van der Waals surface area (Å²) in [5, 5.41) is 8.97. The van der Waals surface area contributed by atoms with Crippen LogP contribution in [0.3, 0.4) is 0 Å². The third-order valence-corrected chi connectivity index (χ3v) is 5.45. The summed E-state index contributed by atoms with van der Waals surface area (Å²) in [6.45, 7) is 2.35. The van der Waals surface area contributed by atoms with E-state index in [1.807, 2.05) is 74.4 Å². The van der Waals surface area contributed by atoms with Gasteiger partial charge in [-0.25, -0.2) is 0 Å². The molecule has 0 radical (unpaired) electrons. The van der Waals surface area contributed by atoms with Crippen LogP contribution in [0.4, 0.5) is 5.69 Å². The van der Waals surface area contributed by atoms with Crippen molar-refractivity contribution in [2.45, 2.75) is 18.7 Å². The van der Waals surface area contributed by atoms with Gasteiger partial charge in [-0.3, -0.25) is 9.69 Å². The Morgan fingerprint density at radius 1 is 1.14 bits per heavy atom. The van der Waals surface area contributed by atoms with Crippen molar-refractivity contribution in [3.63, 3.8) is 0 Å². The second-order valence-corrected chi connectivity index (χ2v) is 7.95. The summed E-state index contributed by atoms with van der Waals surface area (Å²) < 4.78 is 5.18. The van der Waals surface area contributed by atoms with Crippen molar-refractivity contribution in [3.05, 3.63) is 59.7 Å². The van der Waals surface area contributed by atoms with E-state index in [1.165, 1.54) is 11.8 Å². The summed E-state index contributed by atoms with van der Waals surface area (Å²) in [5.41, 5.74) is 3.10. The van der Waals surface area contributed by atoms with E-state index in [2.05, 4.69) is 10.2 Å². The Morgan fingerprint density at radius 3 is 2.43 bits per heavy atom. The van der Waals surface area contributed by atoms with Gasteiger partial charge in [-0.1, -0.05) is 36.0 Å². The van der Waals surface area contributed by atoms with Gasteiger partial charge in [0.05, 0.1) is 25.1 Å². The molecule has 0 saturated carbocycles. The lowest BCUT2D eigenvalue weighted by atomic mass is 10.2. The summed E-state index contributed by atoms with van der Waals surface area (Å²) in [6.07, 6.45) is 1.70. The molecule has 0 N–H and O–H groups in total. The first-order valence-corrected chi connectivity index (χ1v) is 9.85. The van der Waals surface area contributed by atoms with Gasteiger partial charge in [-0.2, -0.15) is 5.10 Å². The third-order valence-electron chi connectivity index (χ3n) is 4.39. The van der Waals surface area contributed by atoms with Gasteiger partial charge >= 0.3 is 0 Å². The predicted octanol–water partition coefficient (Wildman–Crippen LogP) is 3.62. The number of carbonyl (C=O) groups excluding carboxylic acids is 1. The van der Waals surface area contributed by atoms with E-state index in [-0.39, 0.29) is 11.2 Å². The molecule has 1 aliphatic heterocycles. The molecule has 0 unspecified atom stereocenters. The number of hydrogen-bond donors (Lipinski definition) is 0. The molecule has 0 aliphatic carbocycles. The zero-order valence-corrected chi connectivity index (χ0v) is 17.3. The minimum Gasteiger partial charge on any atom is -0.497 e. The van der Waals surface area contributed by atoms with Crippen molar-refractivity contribution in [1.82, 2.24) is 4.90 Å². The minimum absolute atomic E-state index is 0.0464. The van der Waals surface area contributed by atoms with Crippen LogP contribution in [0, 0.1) is 0 Å². The first-order chi connectivity index (χ1) is 13.5. The van der Waals surface area contributed by atoms with Crippen LogP contribution >= 0.6 is 11.8 Å². The third kappa shape index (κ3) is 4.72. The lowest BCUT2D eigenvalue weighted by Gasteiger charge is -2.15. The highest BCUT2D eigenvalue weighted by molar-refractivity contribution is 8.15. The molecule has 6 nitrogen and oxygen atoms in total. The zero-order valence-electron chi connectivity index (χ0n) is 16.5. The van der Waals surface area contributed by atoms with Crippen molar-refractivity contribution >= 4 is 34.7 Å². The number of methoxy groups -OCH3 is 1. The van der Waals surface area contributed by atoms with Gasteiger partial charge in [0.25, 0.3) is 0 Å². The van der Waals surface area contributed by atoms with Gasteiger partial charge in [0.15, 0.2) is 5.17 Å². The fraction of sp³-hybridized carbons (Fsp3) is 0.286. The van der Waals surface area contributed by atoms with Gasteiger partial charge < -0.3 is 9.64 Å². The number of amides is 1. The summed E-state index contributed by atoms with van der Waals surface area (Å²) in [7, 11) is 5.64. The number of anilines is 1. The molecule has 0 aromatic heterocycles. The molecule has 0 spiro atoms. The maximum atomic E-state index is 12.5. The lowest BCUT2D eigenvalue weighted by Crippen LogP contribution is -2.30. The fourth-order valence-corrected chi connectivity index (χ4v) is 3.65. The molecule has 1 saturated heterocycles. The predicted molar refractivity (Wildman–Crippen MR) is 116 cm³/mol. The number of benzene rings is 2. The van der Waals surface area contributed by atoms with Crippen LogP contribution < -0.4 is 9.64 Å². The van der Waals surface area contributed by atoms with Gasteiger partial charge in [0, 0.05) is 19.8 Å². The smallest absolute Gasteiger partial charge is 0.242 e. The molecule has 1 heterocycles. The van der Waals surface area contributed by atoms with E-state index in [0.717, 1.165) is 22.6 Å². The quantitative estimate of drug-likeness (QED) is 0.553. The number of nitrogens with zero attached hydrogens (tertiary/aromatic N) is 4. The van der Waals surface area contributed by atoms with E-state index in [0.29, 0.717) is 11.7 Å². The van der Waals surface area contributed by atoms with E-state index < -0.39 is 0 Å². The summed E-state index contributed by atoms with van der Waals surface area (Å²) in [6, 6.07) is 15.7. The number of ether oxygens (including phenoxy) is 1. The Kier molecular flexibility index (Phi) is 6.36. The molecule has 1 amide bonds. The highest BCUT2D eigenvalue weighted by Gasteiger charge is 2.35. The first kappa shape index (κ1) is 19.9. The number of thioether (sulfide) groups is 1. The molecule has 3 rings (SSSR count). The number of hydrogen-bond acceptors (Lipinski definition) is 6. The monoisotopic (exact) mass is 396 g/mol. The summed E-state index contributed by atoms with van der Waals surface area (Å²) in [5.74, 6) is 0.836. The second kappa shape index (κ2) is 8.93. The van der Waals surface area contributed by atoms with E-state index in [4.69, 9.17) is 4.74 Å². The van der Waals surface area contributed by atoms with E-state index in [9.17, 15) is 4.79 Å². The molecular weight excluding hydrogens is 372 g/mol. The molecule has 1 atom stereocenters. The van der Waals surface area contributed by atoms with Crippen molar-refractivity contribution in [3.8, 4) is 5.75 Å². The maximum Gasteiger partial charge on any atom is 0.242 e. The normalized spacial score (nSPS) is 18.3. The Bertz CT molecular complexity index is 876. The van der Waals surface area contributed by atoms with Gasteiger partial charge in [-0.15, -0.1) is 5.10 Å². The number of carbonyl (C=O) groups is 1. The first-order valence-electron chi connectivity index (χ1n) is 8.97. The highest BCUT2D eigenvalue weighted by atomic mass is 32.2. The second-order valence-electron chi connectivity index (χ2n) is 6.65. The SMILES string of the molecule is COc1ccc(CN2C(=O)[C@@H](C)S/C2=N/N=C\c2ccc(N(C)C)cc2)cc1. The van der Waals surface area contributed by atoms with Gasteiger partial charge in [0.2, 0.25) is 5.91 Å². The average molecular weight is 397 g/mol. The Morgan fingerprint density at radius 2 is 1.82 bits per heavy atom. The van der Waals surface area contributed by atoms with Crippen LogP contribution in [0.25, 0.3) is 0 Å². The van der Waals surface area contributed by atoms with Gasteiger partial charge in [-0.05, 0) is 42.3 Å². The van der Waals surface area contributed by atoms with Crippen LogP contribution in [0.15, 0.2) is 58.7 Å². The summed E-state index contributed by atoms with van der Waals surface area (Å²) >= 11 is 1.43. The molecule has 146 valence electrons. The molecule has 1 fully saturated rings. The molecule has 28 heavy (non-hydrogen) atoms. The Balaban J connectivity index is 1.73. The Labute approximate surface area is 169 Å². The molecule has 0 bridgehead atoms. The molecule has 2 aromatic carbocycles. The molecule has 1 aliphatic rings. The minimum atomic E-state index is -0.161.